The lowest BCUT2D eigenvalue weighted by atomic mass is 9.77. The van der Waals surface area contributed by atoms with Crippen molar-refractivity contribution in [2.24, 2.45) is 0 Å². The molecular weight excluding hydrogens is 381 g/mol. The van der Waals surface area contributed by atoms with Crippen molar-refractivity contribution >= 4 is 40.6 Å². The Hall–Kier alpha value is -2.10. The average Bonchev–Trinajstić information content (AvgIpc) is 2.61. The van der Waals surface area contributed by atoms with Crippen molar-refractivity contribution in [3.05, 3.63) is 74.9 Å². The predicted molar refractivity (Wildman–Crippen MR) is 108 cm³/mol. The number of carbonyl (C=O) groups is 2. The van der Waals surface area contributed by atoms with E-state index in [2.05, 4.69) is 0 Å². The lowest BCUT2D eigenvalue weighted by Gasteiger charge is -2.38. The van der Waals surface area contributed by atoms with Crippen LogP contribution in [0.15, 0.2) is 53.7 Å². The van der Waals surface area contributed by atoms with Gasteiger partial charge in [0, 0.05) is 45.8 Å². The number of hydrogen-bond acceptors (Lipinski definition) is 2. The molecule has 2 aromatic rings. The monoisotopic (exact) mass is 399 g/mol. The first-order chi connectivity index (χ1) is 13.0. The lowest BCUT2D eigenvalue weighted by molar-refractivity contribution is -0.119. The maximum Gasteiger partial charge on any atom is 0.232 e. The molecule has 5 heteroatoms. The third kappa shape index (κ3) is 3.19. The van der Waals surface area contributed by atoms with Gasteiger partial charge in [-0.25, -0.2) is 0 Å². The maximum atomic E-state index is 13.2. The van der Waals surface area contributed by atoms with Crippen LogP contribution in [0.1, 0.15) is 42.7 Å². The highest BCUT2D eigenvalue weighted by Gasteiger charge is 2.41. The van der Waals surface area contributed by atoms with Crippen molar-refractivity contribution in [3.63, 3.8) is 0 Å². The molecular formula is C22H19Cl2NO2. The minimum absolute atomic E-state index is 0.0324. The summed E-state index contributed by atoms with van der Waals surface area (Å²) in [4.78, 5) is 27.8. The van der Waals surface area contributed by atoms with Gasteiger partial charge in [-0.15, -0.1) is 0 Å². The van der Waals surface area contributed by atoms with E-state index in [1.165, 1.54) is 0 Å². The van der Waals surface area contributed by atoms with Gasteiger partial charge in [-0.05, 0) is 55.2 Å². The topological polar surface area (TPSA) is 37.4 Å². The summed E-state index contributed by atoms with van der Waals surface area (Å²) in [7, 11) is 0. The Morgan fingerprint density at radius 2 is 1.70 bits per heavy atom. The molecule has 1 amide bonds. The summed E-state index contributed by atoms with van der Waals surface area (Å²) in [5.41, 5.74) is 4.05. The van der Waals surface area contributed by atoms with Crippen LogP contribution in [0, 0.1) is 6.92 Å². The fourth-order valence-corrected chi connectivity index (χ4v) is 4.81. The number of amides is 1. The van der Waals surface area contributed by atoms with Gasteiger partial charge in [-0.1, -0.05) is 41.4 Å². The molecule has 4 rings (SSSR count). The minimum atomic E-state index is -0.387. The van der Waals surface area contributed by atoms with Gasteiger partial charge in [0.2, 0.25) is 5.91 Å². The molecule has 2 aromatic carbocycles. The first-order valence-electron chi connectivity index (χ1n) is 9.07. The van der Waals surface area contributed by atoms with Crippen LogP contribution in [0.3, 0.4) is 0 Å². The van der Waals surface area contributed by atoms with Crippen LogP contribution < -0.4 is 4.90 Å². The van der Waals surface area contributed by atoms with Crippen molar-refractivity contribution < 1.29 is 9.59 Å². The molecule has 1 unspecified atom stereocenters. The molecule has 1 aliphatic carbocycles. The first-order valence-corrected chi connectivity index (χ1v) is 9.82. The summed E-state index contributed by atoms with van der Waals surface area (Å²) in [6.45, 7) is 1.99. The normalized spacial score (nSPS) is 20.1. The highest BCUT2D eigenvalue weighted by molar-refractivity contribution is 6.36. The van der Waals surface area contributed by atoms with E-state index >= 15 is 0 Å². The van der Waals surface area contributed by atoms with Gasteiger partial charge in [0.25, 0.3) is 0 Å². The smallest absolute Gasteiger partial charge is 0.232 e. The zero-order valence-corrected chi connectivity index (χ0v) is 16.5. The average molecular weight is 400 g/mol. The Bertz CT molecular complexity index is 960. The van der Waals surface area contributed by atoms with Gasteiger partial charge in [-0.3, -0.25) is 14.5 Å². The van der Waals surface area contributed by atoms with Crippen LogP contribution in [-0.4, -0.2) is 11.7 Å². The highest BCUT2D eigenvalue weighted by atomic mass is 35.5. The number of carbonyl (C=O) groups excluding carboxylic acids is 2. The van der Waals surface area contributed by atoms with E-state index in [0.717, 1.165) is 23.4 Å². The Morgan fingerprint density at radius 3 is 2.41 bits per heavy atom. The number of aryl methyl sites for hydroxylation is 1. The highest BCUT2D eigenvalue weighted by Crippen LogP contribution is 2.46. The second-order valence-electron chi connectivity index (χ2n) is 7.10. The van der Waals surface area contributed by atoms with Crippen molar-refractivity contribution in [1.29, 1.82) is 0 Å². The number of anilines is 1. The van der Waals surface area contributed by atoms with E-state index in [1.807, 2.05) is 31.2 Å². The second kappa shape index (κ2) is 7.14. The van der Waals surface area contributed by atoms with Crippen molar-refractivity contribution in [3.8, 4) is 0 Å². The van der Waals surface area contributed by atoms with Crippen molar-refractivity contribution in [2.75, 3.05) is 4.90 Å². The van der Waals surface area contributed by atoms with Crippen LogP contribution in [0.2, 0.25) is 10.0 Å². The quantitative estimate of drug-likeness (QED) is 0.636. The summed E-state index contributed by atoms with van der Waals surface area (Å²) in [6.07, 6.45) is 2.12. The van der Waals surface area contributed by atoms with Crippen molar-refractivity contribution in [1.82, 2.24) is 0 Å². The third-order valence-corrected chi connectivity index (χ3v) is 5.94. The zero-order chi connectivity index (χ0) is 19.1. The van der Waals surface area contributed by atoms with Gasteiger partial charge >= 0.3 is 0 Å². The molecule has 0 bridgehead atoms. The van der Waals surface area contributed by atoms with E-state index in [0.29, 0.717) is 34.0 Å². The Balaban J connectivity index is 1.91. The molecule has 0 saturated heterocycles. The SMILES string of the molecule is Cc1cccc(N2C(=O)CC(c3c(Cl)cccc3Cl)C3=C2CCCC3=O)c1. The zero-order valence-electron chi connectivity index (χ0n) is 15.0. The van der Waals surface area contributed by atoms with Gasteiger partial charge in [-0.2, -0.15) is 0 Å². The van der Waals surface area contributed by atoms with E-state index in [-0.39, 0.29) is 24.0 Å². The van der Waals surface area contributed by atoms with E-state index in [9.17, 15) is 9.59 Å². The Labute approximate surface area is 168 Å². The summed E-state index contributed by atoms with van der Waals surface area (Å²) >= 11 is 12.8. The van der Waals surface area contributed by atoms with Gasteiger partial charge in [0.05, 0.1) is 0 Å². The van der Waals surface area contributed by atoms with Crippen LogP contribution in [-0.2, 0) is 9.59 Å². The molecule has 1 aliphatic heterocycles. The minimum Gasteiger partial charge on any atom is -0.294 e. The maximum absolute atomic E-state index is 13.2. The molecule has 0 spiro atoms. The summed E-state index contributed by atoms with van der Waals surface area (Å²) < 4.78 is 0. The first kappa shape index (κ1) is 18.3. The van der Waals surface area contributed by atoms with E-state index < -0.39 is 0 Å². The molecule has 0 N–H and O–H groups in total. The molecule has 138 valence electrons. The number of halogens is 2. The number of Topliss-reactive ketones (excluding diaryl/α,β-unsaturated/α-hetero) is 1. The summed E-state index contributed by atoms with van der Waals surface area (Å²) in [5, 5.41) is 0.990. The Kier molecular flexibility index (Phi) is 4.83. The fraction of sp³-hybridized carbons (Fsp3) is 0.273. The lowest BCUT2D eigenvalue weighted by Crippen LogP contribution is -2.40. The molecule has 2 aliphatic rings. The van der Waals surface area contributed by atoms with Crippen LogP contribution in [0.5, 0.6) is 0 Å². The largest absolute Gasteiger partial charge is 0.294 e. The number of ketones is 1. The molecule has 27 heavy (non-hydrogen) atoms. The molecule has 1 heterocycles. The fourth-order valence-electron chi connectivity index (χ4n) is 4.15. The number of allylic oxidation sites excluding steroid dienone is 2. The molecule has 1 atom stereocenters. The molecule has 0 aromatic heterocycles. The number of rotatable bonds is 2. The van der Waals surface area contributed by atoms with Gasteiger partial charge in [0.1, 0.15) is 0 Å². The number of nitrogens with zero attached hydrogens (tertiary/aromatic N) is 1. The van der Waals surface area contributed by atoms with E-state index in [1.54, 1.807) is 23.1 Å². The Morgan fingerprint density at radius 1 is 1.00 bits per heavy atom. The van der Waals surface area contributed by atoms with Crippen LogP contribution in [0.4, 0.5) is 5.69 Å². The molecule has 0 radical (unpaired) electrons. The molecule has 0 fully saturated rings. The molecule has 3 nitrogen and oxygen atoms in total. The van der Waals surface area contributed by atoms with Crippen LogP contribution >= 0.6 is 23.2 Å². The summed E-state index contributed by atoms with van der Waals surface area (Å²) in [6, 6.07) is 13.1. The van der Waals surface area contributed by atoms with Crippen LogP contribution in [0.25, 0.3) is 0 Å². The van der Waals surface area contributed by atoms with Crippen molar-refractivity contribution in [2.45, 2.75) is 38.5 Å². The molecule has 0 saturated carbocycles. The predicted octanol–water partition coefficient (Wildman–Crippen LogP) is 5.83. The number of hydrogen-bond donors (Lipinski definition) is 0. The second-order valence-corrected chi connectivity index (χ2v) is 7.91. The van der Waals surface area contributed by atoms with Gasteiger partial charge < -0.3 is 0 Å². The van der Waals surface area contributed by atoms with Gasteiger partial charge in [0.15, 0.2) is 5.78 Å². The number of benzene rings is 2. The third-order valence-electron chi connectivity index (χ3n) is 5.28. The van der Waals surface area contributed by atoms with E-state index in [4.69, 9.17) is 23.2 Å². The standard InChI is InChI=1S/C22H19Cl2NO2/c1-13-5-2-6-14(11-13)25-18-9-4-10-19(26)22(18)15(12-20(25)27)21-16(23)7-3-8-17(21)24/h2-3,5-8,11,15H,4,9-10,12H2,1H3. The summed E-state index contributed by atoms with van der Waals surface area (Å²) in [5.74, 6) is -0.333.